The van der Waals surface area contributed by atoms with Crippen LogP contribution in [-0.4, -0.2) is 57.3 Å². The molecule has 3 amide bonds. The highest BCUT2D eigenvalue weighted by atomic mass is 16.5. The molecule has 0 aromatic heterocycles. The van der Waals surface area contributed by atoms with Gasteiger partial charge in [0, 0.05) is 44.5 Å². The number of amides is 3. The maximum Gasteiger partial charge on any atom is 0.315 e. The molecule has 27 heavy (non-hydrogen) atoms. The molecule has 3 rings (SSSR count). The molecule has 2 fully saturated rings. The molecule has 2 heterocycles. The predicted octanol–water partition coefficient (Wildman–Crippen LogP) is 0.559. The van der Waals surface area contributed by atoms with Gasteiger partial charge in [0.2, 0.25) is 5.91 Å². The van der Waals surface area contributed by atoms with E-state index < -0.39 is 0 Å². The zero-order chi connectivity index (χ0) is 19.1. The maximum atomic E-state index is 12.3. The molecule has 0 bridgehead atoms. The molecule has 2 aliphatic rings. The molecular weight excluding hydrogens is 344 g/mol. The summed E-state index contributed by atoms with van der Waals surface area (Å²) < 4.78 is 5.43. The van der Waals surface area contributed by atoms with E-state index in [0.717, 1.165) is 24.4 Å². The van der Waals surface area contributed by atoms with Crippen molar-refractivity contribution in [3.63, 3.8) is 0 Å². The van der Waals surface area contributed by atoms with Crippen molar-refractivity contribution in [3.05, 3.63) is 24.3 Å². The first-order valence-corrected chi connectivity index (χ1v) is 10.1. The number of likely N-dealkylation sites (tertiary alicyclic amines) is 1. The first-order chi connectivity index (χ1) is 13.2. The number of carbonyl (C=O) groups is 2. The molecule has 2 aliphatic heterocycles. The second kappa shape index (κ2) is 9.60. The molecule has 7 heteroatoms. The smallest absolute Gasteiger partial charge is 0.315 e. The Morgan fingerprint density at radius 2 is 2.00 bits per heavy atom. The van der Waals surface area contributed by atoms with Crippen molar-refractivity contribution < 1.29 is 19.2 Å². The molecule has 0 saturated carbocycles. The number of nitrogens with one attached hydrogen (secondary N) is 3. The molecule has 7 nitrogen and oxygen atoms in total. The minimum Gasteiger partial charge on any atom is -0.494 e. The van der Waals surface area contributed by atoms with Gasteiger partial charge in [0.15, 0.2) is 0 Å². The Hall–Kier alpha value is -2.28. The largest absolute Gasteiger partial charge is 0.494 e. The molecule has 1 aromatic rings. The summed E-state index contributed by atoms with van der Waals surface area (Å²) >= 11 is 0. The third kappa shape index (κ3) is 5.60. The van der Waals surface area contributed by atoms with Gasteiger partial charge in [-0.15, -0.1) is 0 Å². The lowest BCUT2D eigenvalue weighted by Gasteiger charge is -2.18. The van der Waals surface area contributed by atoms with E-state index in [1.165, 1.54) is 25.9 Å². The van der Waals surface area contributed by atoms with Crippen LogP contribution in [0.4, 0.5) is 10.5 Å². The van der Waals surface area contributed by atoms with E-state index in [1.807, 2.05) is 31.2 Å². The Labute approximate surface area is 161 Å². The molecule has 3 N–H and O–H groups in total. The van der Waals surface area contributed by atoms with Crippen LogP contribution in [0.15, 0.2) is 24.3 Å². The first-order valence-electron chi connectivity index (χ1n) is 10.1. The summed E-state index contributed by atoms with van der Waals surface area (Å²) in [6, 6.07) is 7.15. The predicted molar refractivity (Wildman–Crippen MR) is 104 cm³/mol. The van der Waals surface area contributed by atoms with Gasteiger partial charge < -0.3 is 25.2 Å². The van der Waals surface area contributed by atoms with E-state index in [2.05, 4.69) is 10.6 Å². The summed E-state index contributed by atoms with van der Waals surface area (Å²) in [4.78, 5) is 27.8. The highest BCUT2D eigenvalue weighted by Gasteiger charge is 2.31. The number of carbonyl (C=O) groups excluding carboxylic acids is 2. The summed E-state index contributed by atoms with van der Waals surface area (Å²) in [5.74, 6) is 0.819. The van der Waals surface area contributed by atoms with Crippen LogP contribution in [0.25, 0.3) is 0 Å². The average Bonchev–Trinajstić information content (AvgIpc) is 3.29. The van der Waals surface area contributed by atoms with Crippen molar-refractivity contribution in [2.45, 2.75) is 38.6 Å². The molecule has 1 aromatic carbocycles. The van der Waals surface area contributed by atoms with Crippen LogP contribution in [0.2, 0.25) is 0 Å². The van der Waals surface area contributed by atoms with Crippen molar-refractivity contribution in [1.29, 1.82) is 0 Å². The van der Waals surface area contributed by atoms with Gasteiger partial charge in [-0.05, 0) is 31.2 Å². The highest BCUT2D eigenvalue weighted by Crippen LogP contribution is 2.24. The van der Waals surface area contributed by atoms with Crippen LogP contribution in [-0.2, 0) is 4.79 Å². The lowest BCUT2D eigenvalue weighted by molar-refractivity contribution is -0.887. The Morgan fingerprint density at radius 3 is 2.70 bits per heavy atom. The van der Waals surface area contributed by atoms with Crippen LogP contribution in [0.5, 0.6) is 5.75 Å². The minimum atomic E-state index is -0.183. The molecule has 0 unspecified atom stereocenters. The Morgan fingerprint density at radius 1 is 1.26 bits per heavy atom. The number of urea groups is 1. The monoisotopic (exact) mass is 375 g/mol. The standard InChI is InChI=1S/C20H30N4O3/c1-2-27-18-8-6-17(7-9-18)24-15-16(14-19(24)25)22-20(26)21-10-5-13-23-11-3-4-12-23/h6-9,16H,2-5,10-15H2,1H3,(H2,21,22,26)/p+1/t16-/m0/s1. The molecular formula is C20H31N4O3+. The molecule has 0 radical (unpaired) electrons. The van der Waals surface area contributed by atoms with Gasteiger partial charge in [0.1, 0.15) is 5.75 Å². The summed E-state index contributed by atoms with van der Waals surface area (Å²) in [6.45, 7) is 7.37. The SMILES string of the molecule is CCOc1ccc(N2C[C@@H](NC(=O)NCCC[NH+]3CCCC3)CC2=O)cc1. The number of rotatable bonds is 8. The summed E-state index contributed by atoms with van der Waals surface area (Å²) in [7, 11) is 0. The molecule has 2 saturated heterocycles. The van der Waals surface area contributed by atoms with E-state index in [0.29, 0.717) is 26.1 Å². The van der Waals surface area contributed by atoms with Gasteiger partial charge in [-0.2, -0.15) is 0 Å². The van der Waals surface area contributed by atoms with Gasteiger partial charge in [0.25, 0.3) is 0 Å². The topological polar surface area (TPSA) is 75.1 Å². The van der Waals surface area contributed by atoms with Gasteiger partial charge in [0.05, 0.1) is 32.3 Å². The zero-order valence-electron chi connectivity index (χ0n) is 16.1. The van der Waals surface area contributed by atoms with Crippen LogP contribution in [0.3, 0.4) is 0 Å². The van der Waals surface area contributed by atoms with E-state index in [-0.39, 0.29) is 18.0 Å². The molecule has 0 spiro atoms. The van der Waals surface area contributed by atoms with Gasteiger partial charge in [-0.1, -0.05) is 0 Å². The van der Waals surface area contributed by atoms with Crippen LogP contribution < -0.4 is 25.2 Å². The van der Waals surface area contributed by atoms with Crippen LogP contribution in [0.1, 0.15) is 32.6 Å². The third-order valence-corrected chi connectivity index (χ3v) is 5.22. The van der Waals surface area contributed by atoms with Crippen LogP contribution in [0, 0.1) is 0 Å². The lowest BCUT2D eigenvalue weighted by atomic mass is 10.2. The fourth-order valence-corrected chi connectivity index (χ4v) is 3.84. The minimum absolute atomic E-state index is 0.0297. The summed E-state index contributed by atoms with van der Waals surface area (Å²) in [5.41, 5.74) is 0.835. The quantitative estimate of drug-likeness (QED) is 0.581. The third-order valence-electron chi connectivity index (χ3n) is 5.22. The number of hydrogen-bond acceptors (Lipinski definition) is 3. The number of benzene rings is 1. The van der Waals surface area contributed by atoms with Gasteiger partial charge >= 0.3 is 6.03 Å². The number of ether oxygens (including phenoxy) is 1. The van der Waals surface area contributed by atoms with Gasteiger partial charge in [-0.3, -0.25) is 4.79 Å². The second-order valence-corrected chi connectivity index (χ2v) is 7.29. The van der Waals surface area contributed by atoms with E-state index in [1.54, 1.807) is 9.80 Å². The normalized spacial score (nSPS) is 20.1. The van der Waals surface area contributed by atoms with Crippen molar-refractivity contribution in [1.82, 2.24) is 10.6 Å². The number of hydrogen-bond donors (Lipinski definition) is 3. The average molecular weight is 375 g/mol. The van der Waals surface area contributed by atoms with E-state index in [9.17, 15) is 9.59 Å². The van der Waals surface area contributed by atoms with Gasteiger partial charge in [-0.25, -0.2) is 4.79 Å². The maximum absolute atomic E-state index is 12.3. The number of anilines is 1. The number of quaternary nitrogens is 1. The van der Waals surface area contributed by atoms with Crippen molar-refractivity contribution in [3.8, 4) is 5.75 Å². The Balaban J connectivity index is 1.39. The van der Waals surface area contributed by atoms with Crippen LogP contribution >= 0.6 is 0 Å². The summed E-state index contributed by atoms with van der Waals surface area (Å²) in [5, 5.41) is 5.84. The van der Waals surface area contributed by atoms with Crippen molar-refractivity contribution >= 4 is 17.6 Å². The number of nitrogens with zero attached hydrogens (tertiary/aromatic N) is 1. The lowest BCUT2D eigenvalue weighted by Crippen LogP contribution is -3.10. The Bertz CT molecular complexity index is 629. The first kappa shape index (κ1) is 19.5. The van der Waals surface area contributed by atoms with E-state index in [4.69, 9.17) is 4.74 Å². The molecule has 0 aliphatic carbocycles. The Kier molecular flexibility index (Phi) is 6.92. The second-order valence-electron chi connectivity index (χ2n) is 7.29. The highest BCUT2D eigenvalue weighted by molar-refractivity contribution is 5.96. The van der Waals surface area contributed by atoms with E-state index >= 15 is 0 Å². The van der Waals surface area contributed by atoms with Crippen molar-refractivity contribution in [2.24, 2.45) is 0 Å². The fourth-order valence-electron chi connectivity index (χ4n) is 3.84. The summed E-state index contributed by atoms with van der Waals surface area (Å²) in [6.07, 6.45) is 3.97. The zero-order valence-corrected chi connectivity index (χ0v) is 16.1. The fraction of sp³-hybridized carbons (Fsp3) is 0.600. The van der Waals surface area contributed by atoms with Crippen molar-refractivity contribution in [2.75, 3.05) is 44.2 Å². The molecule has 148 valence electrons. The molecule has 1 atom stereocenters.